The van der Waals surface area contributed by atoms with E-state index in [9.17, 15) is 37.2 Å². The normalized spacial score (nSPS) is 24.2. The molecule has 0 aromatic heterocycles. The largest absolute Gasteiger partial charge is 0.382 e. The molecule has 2 unspecified atom stereocenters. The van der Waals surface area contributed by atoms with E-state index in [1.54, 1.807) is 0 Å². The van der Waals surface area contributed by atoms with Crippen LogP contribution in [0.25, 0.3) is 0 Å². The fourth-order valence-electron chi connectivity index (χ4n) is 1.21. The highest BCUT2D eigenvalue weighted by atomic mass is 32.2. The van der Waals surface area contributed by atoms with Crippen molar-refractivity contribution in [3.63, 3.8) is 0 Å². The van der Waals surface area contributed by atoms with Gasteiger partial charge in [0.25, 0.3) is 5.70 Å². The van der Waals surface area contributed by atoms with E-state index in [4.69, 9.17) is 0 Å². The summed E-state index contributed by atoms with van der Waals surface area (Å²) in [7, 11) is -6.20. The molecular weight excluding hydrogens is 278 g/mol. The average Bonchev–Trinajstić information content (AvgIpc) is 2.15. The molecule has 0 heterocycles. The Bertz CT molecular complexity index is 651. The van der Waals surface area contributed by atoms with E-state index in [2.05, 4.69) is 0 Å². The molecule has 1 aliphatic rings. The number of nitrogens with zero attached hydrogens (tertiary/aromatic N) is 1. The SMILES string of the molecule is O=[N+]([O-])C1=CC(=S(=O)=O)C(O)C(=S(=O)=O)C1O. The maximum Gasteiger partial charge on any atom is 0.281 e. The average molecular weight is 283 g/mol. The van der Waals surface area contributed by atoms with Crippen LogP contribution < -0.4 is 0 Å². The van der Waals surface area contributed by atoms with Crippen molar-refractivity contribution >= 4 is 30.3 Å². The van der Waals surface area contributed by atoms with E-state index < -0.39 is 53.1 Å². The summed E-state index contributed by atoms with van der Waals surface area (Å²) in [5.74, 6) is 0. The van der Waals surface area contributed by atoms with Gasteiger partial charge in [0.1, 0.15) is 15.8 Å². The van der Waals surface area contributed by atoms with Gasteiger partial charge < -0.3 is 10.2 Å². The highest BCUT2D eigenvalue weighted by molar-refractivity contribution is 7.75. The number of nitro groups is 1. The molecule has 0 saturated carbocycles. The molecule has 0 spiro atoms. The third-order valence-electron chi connectivity index (χ3n) is 1.97. The van der Waals surface area contributed by atoms with Crippen molar-refractivity contribution in [2.45, 2.75) is 12.2 Å². The molecule has 11 heteroatoms. The predicted octanol–water partition coefficient (Wildman–Crippen LogP) is -3.01. The summed E-state index contributed by atoms with van der Waals surface area (Å²) in [5.41, 5.74) is -1.03. The molecule has 0 fully saturated rings. The van der Waals surface area contributed by atoms with Crippen LogP contribution in [-0.2, 0) is 20.6 Å². The molecule has 0 aromatic rings. The second-order valence-electron chi connectivity index (χ2n) is 2.91. The lowest BCUT2D eigenvalue weighted by atomic mass is 9.99. The van der Waals surface area contributed by atoms with Crippen LogP contribution in [0.5, 0.6) is 0 Å². The van der Waals surface area contributed by atoms with E-state index in [0.29, 0.717) is 6.08 Å². The minimum Gasteiger partial charge on any atom is -0.382 e. The highest BCUT2D eigenvalue weighted by Gasteiger charge is 2.40. The van der Waals surface area contributed by atoms with Crippen molar-refractivity contribution in [2.75, 3.05) is 0 Å². The van der Waals surface area contributed by atoms with E-state index >= 15 is 0 Å². The van der Waals surface area contributed by atoms with Gasteiger partial charge in [-0.05, 0) is 0 Å². The van der Waals surface area contributed by atoms with Gasteiger partial charge in [-0.1, -0.05) is 0 Å². The standard InChI is InChI=1S/C6H5NO8S2/c8-4-2(7(10)11)1-3(16(12)13)5(9)6(4)17(14)15/h1,4-5,8-9H. The smallest absolute Gasteiger partial charge is 0.281 e. The van der Waals surface area contributed by atoms with Crippen molar-refractivity contribution < 1.29 is 32.0 Å². The van der Waals surface area contributed by atoms with E-state index in [-0.39, 0.29) is 0 Å². The Morgan fingerprint density at radius 2 is 1.65 bits per heavy atom. The van der Waals surface area contributed by atoms with E-state index in [1.165, 1.54) is 0 Å². The molecule has 17 heavy (non-hydrogen) atoms. The lowest BCUT2D eigenvalue weighted by Crippen LogP contribution is -2.45. The number of hydrogen-bond acceptors (Lipinski definition) is 8. The summed E-state index contributed by atoms with van der Waals surface area (Å²) in [4.78, 5) is 7.39. The summed E-state index contributed by atoms with van der Waals surface area (Å²) >= 11 is 0. The maximum atomic E-state index is 10.7. The summed E-state index contributed by atoms with van der Waals surface area (Å²) in [5, 5.41) is 29.2. The number of aliphatic hydroxyl groups is 2. The molecule has 1 aliphatic carbocycles. The van der Waals surface area contributed by atoms with Gasteiger partial charge in [-0.2, -0.15) is 16.8 Å². The fourth-order valence-corrected chi connectivity index (χ4v) is 2.43. The second-order valence-corrected chi connectivity index (χ2v) is 4.79. The van der Waals surface area contributed by atoms with Crippen molar-refractivity contribution in [3.8, 4) is 0 Å². The zero-order valence-corrected chi connectivity index (χ0v) is 9.47. The van der Waals surface area contributed by atoms with Crippen molar-refractivity contribution in [3.05, 3.63) is 21.9 Å². The quantitative estimate of drug-likeness (QED) is 0.293. The van der Waals surface area contributed by atoms with Crippen molar-refractivity contribution in [1.29, 1.82) is 0 Å². The Kier molecular flexibility index (Phi) is 3.77. The molecule has 0 saturated heterocycles. The van der Waals surface area contributed by atoms with Gasteiger partial charge in [0.15, 0.2) is 6.10 Å². The molecule has 0 bridgehead atoms. The molecule has 0 amide bonds. The second kappa shape index (κ2) is 4.75. The topological polar surface area (TPSA) is 152 Å². The lowest BCUT2D eigenvalue weighted by molar-refractivity contribution is -0.433. The summed E-state index contributed by atoms with van der Waals surface area (Å²) in [6.45, 7) is 0. The molecule has 0 radical (unpaired) electrons. The van der Waals surface area contributed by atoms with Gasteiger partial charge in [-0.3, -0.25) is 10.1 Å². The van der Waals surface area contributed by atoms with Crippen LogP contribution in [0, 0.1) is 10.1 Å². The van der Waals surface area contributed by atoms with Gasteiger partial charge >= 0.3 is 0 Å². The number of aliphatic hydroxyl groups excluding tert-OH is 2. The predicted molar refractivity (Wildman–Crippen MR) is 54.9 cm³/mol. The maximum absolute atomic E-state index is 10.7. The van der Waals surface area contributed by atoms with Gasteiger partial charge in [-0.25, -0.2) is 0 Å². The van der Waals surface area contributed by atoms with Crippen LogP contribution in [0.1, 0.15) is 0 Å². The van der Waals surface area contributed by atoms with Gasteiger partial charge in [0, 0.05) is 6.08 Å². The molecule has 0 aromatic carbocycles. The van der Waals surface area contributed by atoms with Crippen molar-refractivity contribution in [1.82, 2.24) is 0 Å². The first-order chi connectivity index (χ1) is 7.77. The van der Waals surface area contributed by atoms with E-state index in [0.717, 1.165) is 0 Å². The molecule has 2 atom stereocenters. The molecule has 2 N–H and O–H groups in total. The van der Waals surface area contributed by atoms with Gasteiger partial charge in [0.05, 0.1) is 4.92 Å². The Morgan fingerprint density at radius 1 is 1.12 bits per heavy atom. The zero-order valence-electron chi connectivity index (χ0n) is 7.84. The molecule has 9 nitrogen and oxygen atoms in total. The van der Waals surface area contributed by atoms with Gasteiger partial charge in [0.2, 0.25) is 20.6 Å². The zero-order chi connectivity index (χ0) is 13.3. The number of rotatable bonds is 1. The molecule has 1 rings (SSSR count). The van der Waals surface area contributed by atoms with Crippen LogP contribution in [0.4, 0.5) is 0 Å². The summed E-state index contributed by atoms with van der Waals surface area (Å²) in [6, 6.07) is 0. The Morgan fingerprint density at radius 3 is 2.00 bits per heavy atom. The lowest BCUT2D eigenvalue weighted by Gasteiger charge is -2.18. The third kappa shape index (κ3) is 2.41. The van der Waals surface area contributed by atoms with Crippen LogP contribution in [0.3, 0.4) is 0 Å². The Hall–Kier alpha value is -1.56. The molecule has 0 aliphatic heterocycles. The van der Waals surface area contributed by atoms with E-state index in [1.807, 2.05) is 0 Å². The summed E-state index contributed by atoms with van der Waals surface area (Å²) < 4.78 is 42.7. The van der Waals surface area contributed by atoms with Crippen LogP contribution in [-0.4, -0.2) is 53.9 Å². The summed E-state index contributed by atoms with van der Waals surface area (Å²) in [6.07, 6.45) is -3.87. The highest BCUT2D eigenvalue weighted by Crippen LogP contribution is 2.15. The van der Waals surface area contributed by atoms with Crippen LogP contribution >= 0.6 is 0 Å². The Labute approximate surface area is 96.8 Å². The first-order valence-electron chi connectivity index (χ1n) is 3.91. The minimum atomic E-state index is -3.16. The first kappa shape index (κ1) is 13.5. The third-order valence-corrected chi connectivity index (χ3v) is 3.53. The molecular formula is C6H5NO8S2. The van der Waals surface area contributed by atoms with Crippen molar-refractivity contribution in [2.24, 2.45) is 0 Å². The number of hydrogen-bond donors (Lipinski definition) is 2. The Balaban J connectivity index is 3.72. The first-order valence-corrected chi connectivity index (χ1v) is 6.06. The minimum absolute atomic E-state index is 0.425. The molecule has 94 valence electrons. The monoisotopic (exact) mass is 283 g/mol. The fraction of sp³-hybridized carbons (Fsp3) is 0.333. The van der Waals surface area contributed by atoms with Crippen LogP contribution in [0.2, 0.25) is 0 Å². The van der Waals surface area contributed by atoms with Crippen LogP contribution in [0.15, 0.2) is 11.8 Å². The van der Waals surface area contributed by atoms with Gasteiger partial charge in [-0.15, -0.1) is 0 Å².